The van der Waals surface area contributed by atoms with Crippen molar-refractivity contribution in [1.29, 1.82) is 0 Å². The van der Waals surface area contributed by atoms with Crippen LogP contribution in [0.1, 0.15) is 41.5 Å². The van der Waals surface area contributed by atoms with Gasteiger partial charge in [0.2, 0.25) is 0 Å². The first-order valence-corrected chi connectivity index (χ1v) is 7.22. The van der Waals surface area contributed by atoms with Crippen molar-refractivity contribution in [1.82, 2.24) is 24.8 Å². The van der Waals surface area contributed by atoms with E-state index in [1.54, 1.807) is 6.33 Å². The summed E-state index contributed by atoms with van der Waals surface area (Å²) >= 11 is 0. The number of likely N-dealkylation sites (tertiary alicyclic amines) is 1. The van der Waals surface area contributed by atoms with Crippen molar-refractivity contribution in [2.45, 2.75) is 39.2 Å². The molecule has 0 radical (unpaired) electrons. The zero-order valence-corrected chi connectivity index (χ0v) is 12.1. The first-order valence-electron chi connectivity index (χ1n) is 7.22. The van der Waals surface area contributed by atoms with Gasteiger partial charge in [-0.3, -0.25) is 14.9 Å². The Kier molecular flexibility index (Phi) is 3.78. The van der Waals surface area contributed by atoms with E-state index >= 15 is 0 Å². The van der Waals surface area contributed by atoms with Crippen LogP contribution in [0.5, 0.6) is 0 Å². The highest BCUT2D eigenvalue weighted by atomic mass is 15.1. The summed E-state index contributed by atoms with van der Waals surface area (Å²) in [5.74, 6) is 0.496. The van der Waals surface area contributed by atoms with Crippen LogP contribution < -0.4 is 0 Å². The average Bonchev–Trinajstić information content (AvgIpc) is 2.85. The summed E-state index contributed by atoms with van der Waals surface area (Å²) in [4.78, 5) is 18.9. The zero-order valence-electron chi connectivity index (χ0n) is 12.1. The minimum absolute atomic E-state index is 0.496. The third kappa shape index (κ3) is 2.88. The van der Waals surface area contributed by atoms with E-state index in [0.717, 1.165) is 36.7 Å². The van der Waals surface area contributed by atoms with E-state index in [0.29, 0.717) is 5.92 Å². The normalized spacial score (nSPS) is 20.2. The molecule has 1 aliphatic rings. The smallest absolute Gasteiger partial charge is 0.0925 e. The lowest BCUT2D eigenvalue weighted by molar-refractivity contribution is 0.196. The van der Waals surface area contributed by atoms with Crippen LogP contribution >= 0.6 is 0 Å². The van der Waals surface area contributed by atoms with Gasteiger partial charge in [0, 0.05) is 37.1 Å². The lowest BCUT2D eigenvalue weighted by Crippen LogP contribution is -2.34. The summed E-state index contributed by atoms with van der Waals surface area (Å²) in [6.45, 7) is 7.19. The number of nitrogens with zero attached hydrogens (tertiary/aromatic N) is 4. The van der Waals surface area contributed by atoms with E-state index in [4.69, 9.17) is 0 Å². The zero-order chi connectivity index (χ0) is 13.9. The van der Waals surface area contributed by atoms with Crippen molar-refractivity contribution in [3.63, 3.8) is 0 Å². The Morgan fingerprint density at radius 2 is 2.25 bits per heavy atom. The largest absolute Gasteiger partial charge is 0.348 e. The first-order chi connectivity index (χ1) is 9.72. The number of hydrogen-bond donors (Lipinski definition) is 1. The van der Waals surface area contributed by atoms with E-state index in [1.165, 1.54) is 18.5 Å². The Morgan fingerprint density at radius 1 is 1.35 bits per heavy atom. The second kappa shape index (κ2) is 5.71. The second-order valence-corrected chi connectivity index (χ2v) is 5.63. The van der Waals surface area contributed by atoms with Crippen LogP contribution in [0.4, 0.5) is 0 Å². The molecule has 0 bridgehead atoms. The molecule has 1 atom stereocenters. The molecule has 5 nitrogen and oxygen atoms in total. The van der Waals surface area contributed by atoms with Crippen LogP contribution in [-0.4, -0.2) is 37.9 Å². The number of piperidine rings is 1. The number of nitrogens with one attached hydrogen (secondary N) is 1. The standard InChI is InChI=1S/C15H21N5/c1-11-6-16-7-14(19-11)13-4-3-5-20(8-13)9-15-12(2)17-10-18-15/h6-7,10,13H,3-5,8-9H2,1-2H3,(H,17,18). The molecule has 1 N–H and O–H groups in total. The minimum atomic E-state index is 0.496. The molecule has 2 aromatic heterocycles. The highest BCUT2D eigenvalue weighted by molar-refractivity contribution is 5.11. The van der Waals surface area contributed by atoms with Crippen molar-refractivity contribution in [2.75, 3.05) is 13.1 Å². The van der Waals surface area contributed by atoms with Gasteiger partial charge in [-0.25, -0.2) is 4.98 Å². The molecule has 1 unspecified atom stereocenters. The van der Waals surface area contributed by atoms with Gasteiger partial charge in [-0.05, 0) is 33.2 Å². The summed E-state index contributed by atoms with van der Waals surface area (Å²) in [5, 5.41) is 0. The summed E-state index contributed by atoms with van der Waals surface area (Å²) in [6.07, 6.45) is 7.92. The van der Waals surface area contributed by atoms with Crippen molar-refractivity contribution >= 4 is 0 Å². The van der Waals surface area contributed by atoms with Crippen LogP contribution in [0.3, 0.4) is 0 Å². The molecule has 1 aliphatic heterocycles. The molecule has 1 fully saturated rings. The van der Waals surface area contributed by atoms with Gasteiger partial charge < -0.3 is 4.98 Å². The first kappa shape index (κ1) is 13.2. The number of aromatic nitrogens is 4. The molecule has 0 aromatic carbocycles. The third-order valence-electron chi connectivity index (χ3n) is 4.01. The second-order valence-electron chi connectivity index (χ2n) is 5.63. The number of rotatable bonds is 3. The van der Waals surface area contributed by atoms with E-state index in [2.05, 4.69) is 31.8 Å². The van der Waals surface area contributed by atoms with E-state index in [1.807, 2.05) is 19.3 Å². The monoisotopic (exact) mass is 271 g/mol. The Morgan fingerprint density at radius 3 is 3.00 bits per heavy atom. The van der Waals surface area contributed by atoms with Gasteiger partial charge in [0.25, 0.3) is 0 Å². The molecule has 5 heteroatoms. The number of hydrogen-bond acceptors (Lipinski definition) is 4. The van der Waals surface area contributed by atoms with Gasteiger partial charge >= 0.3 is 0 Å². The number of H-pyrrole nitrogens is 1. The van der Waals surface area contributed by atoms with Crippen LogP contribution in [-0.2, 0) is 6.54 Å². The predicted molar refractivity (Wildman–Crippen MR) is 77.3 cm³/mol. The lowest BCUT2D eigenvalue weighted by Gasteiger charge is -2.32. The molecule has 20 heavy (non-hydrogen) atoms. The molecule has 0 aliphatic carbocycles. The Labute approximate surface area is 119 Å². The average molecular weight is 271 g/mol. The van der Waals surface area contributed by atoms with E-state index in [-0.39, 0.29) is 0 Å². The maximum absolute atomic E-state index is 4.63. The van der Waals surface area contributed by atoms with Crippen molar-refractivity contribution in [3.8, 4) is 0 Å². The SMILES string of the molecule is Cc1cncc(C2CCCN(Cc3nc[nH]c3C)C2)n1. The number of imidazole rings is 1. The fourth-order valence-corrected chi connectivity index (χ4v) is 2.88. The van der Waals surface area contributed by atoms with Gasteiger partial charge in [-0.1, -0.05) is 0 Å². The molecule has 3 heterocycles. The van der Waals surface area contributed by atoms with Gasteiger partial charge in [0.15, 0.2) is 0 Å². The van der Waals surface area contributed by atoms with Gasteiger partial charge in [-0.15, -0.1) is 0 Å². The summed E-state index contributed by atoms with van der Waals surface area (Å²) in [6, 6.07) is 0. The topological polar surface area (TPSA) is 57.7 Å². The fraction of sp³-hybridized carbons (Fsp3) is 0.533. The molecule has 0 spiro atoms. The van der Waals surface area contributed by atoms with Crippen LogP contribution in [0.25, 0.3) is 0 Å². The van der Waals surface area contributed by atoms with Crippen molar-refractivity contribution in [3.05, 3.63) is 41.5 Å². The van der Waals surface area contributed by atoms with Crippen LogP contribution in [0.15, 0.2) is 18.7 Å². The molecule has 1 saturated heterocycles. The van der Waals surface area contributed by atoms with Gasteiger partial charge in [0.1, 0.15) is 0 Å². The van der Waals surface area contributed by atoms with Crippen LogP contribution in [0, 0.1) is 13.8 Å². The molecular weight excluding hydrogens is 250 g/mol. The molecular formula is C15H21N5. The van der Waals surface area contributed by atoms with Gasteiger partial charge in [-0.2, -0.15) is 0 Å². The molecule has 0 amide bonds. The maximum atomic E-state index is 4.63. The highest BCUT2D eigenvalue weighted by Crippen LogP contribution is 2.26. The van der Waals surface area contributed by atoms with Gasteiger partial charge in [0.05, 0.1) is 23.4 Å². The number of aryl methyl sites for hydroxylation is 2. The van der Waals surface area contributed by atoms with Crippen LogP contribution in [0.2, 0.25) is 0 Å². The molecule has 0 saturated carbocycles. The maximum Gasteiger partial charge on any atom is 0.0925 e. The highest BCUT2D eigenvalue weighted by Gasteiger charge is 2.23. The molecule has 3 rings (SSSR count). The molecule has 2 aromatic rings. The summed E-state index contributed by atoms with van der Waals surface area (Å²) < 4.78 is 0. The summed E-state index contributed by atoms with van der Waals surface area (Å²) in [7, 11) is 0. The van der Waals surface area contributed by atoms with Crippen molar-refractivity contribution < 1.29 is 0 Å². The lowest BCUT2D eigenvalue weighted by atomic mass is 9.95. The Hall–Kier alpha value is -1.75. The quantitative estimate of drug-likeness (QED) is 0.929. The Bertz CT molecular complexity index is 577. The number of aromatic amines is 1. The van der Waals surface area contributed by atoms with E-state index < -0.39 is 0 Å². The third-order valence-corrected chi connectivity index (χ3v) is 4.01. The predicted octanol–water partition coefficient (Wildman–Crippen LogP) is 2.20. The summed E-state index contributed by atoms with van der Waals surface area (Å²) in [5.41, 5.74) is 4.46. The Balaban J connectivity index is 1.69. The fourth-order valence-electron chi connectivity index (χ4n) is 2.88. The minimum Gasteiger partial charge on any atom is -0.348 e. The van der Waals surface area contributed by atoms with E-state index in [9.17, 15) is 0 Å². The van der Waals surface area contributed by atoms with Crippen molar-refractivity contribution in [2.24, 2.45) is 0 Å². The molecule has 106 valence electrons.